The Morgan fingerprint density at radius 2 is 1.49 bits per heavy atom. The van der Waals surface area contributed by atoms with Gasteiger partial charge in [0.1, 0.15) is 6.10 Å². The highest BCUT2D eigenvalue weighted by atomic mass is 35.5. The summed E-state index contributed by atoms with van der Waals surface area (Å²) in [4.78, 5) is 27.2. The van der Waals surface area contributed by atoms with Gasteiger partial charge < -0.3 is 15.4 Å². The van der Waals surface area contributed by atoms with Crippen LogP contribution in [0.15, 0.2) is 84.9 Å². The van der Waals surface area contributed by atoms with Crippen LogP contribution in [0.1, 0.15) is 43.7 Å². The number of morpholine rings is 1. The molecule has 3 unspecified atom stereocenters. The van der Waals surface area contributed by atoms with Crippen LogP contribution in [-0.4, -0.2) is 55.7 Å². The highest BCUT2D eigenvalue weighted by molar-refractivity contribution is 7.93. The number of benzene rings is 3. The Balaban J connectivity index is 0.000000463. The molecular weight excluding hydrogens is 609 g/mol. The molecule has 11 heteroatoms. The molecule has 3 aliphatic rings. The van der Waals surface area contributed by atoms with Crippen molar-refractivity contribution in [2.45, 2.75) is 55.5 Å². The van der Waals surface area contributed by atoms with Crippen molar-refractivity contribution in [3.63, 3.8) is 0 Å². The van der Waals surface area contributed by atoms with Crippen LogP contribution in [0.25, 0.3) is 0 Å². The lowest BCUT2D eigenvalue weighted by molar-refractivity contribution is -0.166. The Kier molecular flexibility index (Phi) is 9.96. The fourth-order valence-corrected chi connectivity index (χ4v) is 7.51. The van der Waals surface area contributed by atoms with Crippen molar-refractivity contribution >= 4 is 50.7 Å². The molecule has 228 valence electrons. The average Bonchev–Trinajstić information content (AvgIpc) is 3.90. The number of sulfonamides is 1. The van der Waals surface area contributed by atoms with Crippen molar-refractivity contribution in [1.82, 2.24) is 4.90 Å². The van der Waals surface area contributed by atoms with Crippen molar-refractivity contribution in [2.24, 2.45) is 11.7 Å². The minimum atomic E-state index is -3.59. The molecule has 2 aliphatic carbocycles. The number of halogens is 2. The Labute approximate surface area is 262 Å². The first kappa shape index (κ1) is 31.3. The minimum Gasteiger partial charge on any atom is -0.370 e. The molecule has 8 nitrogen and oxygen atoms in total. The van der Waals surface area contributed by atoms with Gasteiger partial charge in [0, 0.05) is 10.0 Å². The number of primary amides is 1. The van der Waals surface area contributed by atoms with Crippen LogP contribution in [0.5, 0.6) is 0 Å². The van der Waals surface area contributed by atoms with Crippen molar-refractivity contribution in [1.29, 1.82) is 0 Å². The molecule has 2 saturated carbocycles. The summed E-state index contributed by atoms with van der Waals surface area (Å²) in [6, 6.07) is 24.9. The molecule has 0 bridgehead atoms. The first-order valence-corrected chi connectivity index (χ1v) is 16.7. The molecule has 2 N–H and O–H groups in total. The maximum Gasteiger partial charge on any atom is 0.253 e. The van der Waals surface area contributed by atoms with Gasteiger partial charge in [-0.25, -0.2) is 8.42 Å². The molecule has 2 amide bonds. The highest BCUT2D eigenvalue weighted by Gasteiger charge is 2.49. The summed E-state index contributed by atoms with van der Waals surface area (Å²) in [6.07, 6.45) is 1.87. The molecule has 0 spiro atoms. The van der Waals surface area contributed by atoms with Gasteiger partial charge in [0.2, 0.25) is 15.9 Å². The van der Waals surface area contributed by atoms with Gasteiger partial charge in [0.05, 0.1) is 42.6 Å². The second-order valence-corrected chi connectivity index (χ2v) is 14.1. The van der Waals surface area contributed by atoms with E-state index in [1.165, 1.54) is 4.31 Å². The zero-order valence-electron chi connectivity index (χ0n) is 23.6. The Bertz CT molecular complexity index is 1500. The van der Waals surface area contributed by atoms with Gasteiger partial charge in [-0.1, -0.05) is 71.7 Å². The lowest BCUT2D eigenvalue weighted by Crippen LogP contribution is -2.58. The average molecular weight is 645 g/mol. The van der Waals surface area contributed by atoms with E-state index in [9.17, 15) is 18.0 Å². The minimum absolute atomic E-state index is 0.145. The fourth-order valence-electron chi connectivity index (χ4n) is 5.37. The second-order valence-electron chi connectivity index (χ2n) is 11.1. The zero-order valence-corrected chi connectivity index (χ0v) is 25.9. The molecule has 3 fully saturated rings. The third-order valence-corrected chi connectivity index (χ3v) is 10.7. The van der Waals surface area contributed by atoms with Crippen molar-refractivity contribution in [3.8, 4) is 0 Å². The lowest BCUT2D eigenvalue weighted by atomic mass is 9.97. The van der Waals surface area contributed by atoms with E-state index in [1.54, 1.807) is 29.2 Å². The largest absolute Gasteiger partial charge is 0.370 e. The number of anilines is 1. The van der Waals surface area contributed by atoms with Crippen LogP contribution >= 0.6 is 23.2 Å². The van der Waals surface area contributed by atoms with Gasteiger partial charge in [-0.3, -0.25) is 13.9 Å². The number of para-hydroxylation sites is 1. The first-order valence-electron chi connectivity index (χ1n) is 14.4. The van der Waals surface area contributed by atoms with E-state index in [0.29, 0.717) is 23.6 Å². The number of carbonyl (C=O) groups is 2. The summed E-state index contributed by atoms with van der Waals surface area (Å²) < 4.78 is 34.4. The molecule has 6 rings (SSSR count). The third kappa shape index (κ3) is 7.89. The topological polar surface area (TPSA) is 110 Å². The standard InChI is InChI=1S/C26H30ClN3O5S.C6H5Cl/c27-19-10-8-18(9-11-19)23-16-35-24(14-25(28)31)26(32)30(23)22(17-6-7-17)15-29(20-4-2-1-3-5-20)36(33,34)21-12-13-21;7-6-4-2-1-3-5-6/h1-5,8-11,17,21-24H,6-7,12-16H2,(H2,28,31);1-5H. The summed E-state index contributed by atoms with van der Waals surface area (Å²) in [5, 5.41) is 0.972. The maximum absolute atomic E-state index is 13.8. The Morgan fingerprint density at radius 1 is 0.907 bits per heavy atom. The summed E-state index contributed by atoms with van der Waals surface area (Å²) in [6.45, 7) is 0.321. The van der Waals surface area contributed by atoms with Gasteiger partial charge in [0.15, 0.2) is 0 Å². The number of nitrogens with two attached hydrogens (primary N) is 1. The maximum atomic E-state index is 13.8. The van der Waals surface area contributed by atoms with E-state index in [1.807, 2.05) is 60.7 Å². The summed E-state index contributed by atoms with van der Waals surface area (Å²) in [7, 11) is -3.59. The van der Waals surface area contributed by atoms with Crippen LogP contribution in [0.3, 0.4) is 0 Å². The molecule has 43 heavy (non-hydrogen) atoms. The van der Waals surface area contributed by atoms with Gasteiger partial charge in [0.25, 0.3) is 5.91 Å². The second kappa shape index (κ2) is 13.7. The van der Waals surface area contributed by atoms with E-state index >= 15 is 0 Å². The van der Waals surface area contributed by atoms with Gasteiger partial charge in [-0.05, 0) is 73.6 Å². The van der Waals surface area contributed by atoms with Crippen LogP contribution in [0.4, 0.5) is 5.69 Å². The molecule has 0 aromatic heterocycles. The quantitative estimate of drug-likeness (QED) is 0.309. The van der Waals surface area contributed by atoms with Crippen LogP contribution < -0.4 is 10.0 Å². The number of amides is 2. The number of ether oxygens (including phenoxy) is 1. The summed E-state index contributed by atoms with van der Waals surface area (Å²) in [5.74, 6) is -0.811. The third-order valence-electron chi connectivity index (χ3n) is 7.87. The molecule has 3 aromatic rings. The lowest BCUT2D eigenvalue weighted by Gasteiger charge is -2.45. The van der Waals surface area contributed by atoms with Crippen molar-refractivity contribution < 1.29 is 22.7 Å². The van der Waals surface area contributed by atoms with E-state index in [0.717, 1.165) is 23.4 Å². The van der Waals surface area contributed by atoms with E-state index < -0.39 is 33.3 Å². The van der Waals surface area contributed by atoms with Crippen LogP contribution in [-0.2, 0) is 24.3 Å². The van der Waals surface area contributed by atoms with Crippen molar-refractivity contribution in [2.75, 3.05) is 17.5 Å². The molecule has 1 heterocycles. The molecular formula is C32H35Cl2N3O5S. The normalized spacial score (nSPS) is 21.0. The molecule has 1 aliphatic heterocycles. The van der Waals surface area contributed by atoms with E-state index in [2.05, 4.69) is 0 Å². The van der Waals surface area contributed by atoms with E-state index in [-0.39, 0.29) is 37.4 Å². The number of hydrogen-bond donors (Lipinski definition) is 1. The van der Waals surface area contributed by atoms with Crippen LogP contribution in [0, 0.1) is 5.92 Å². The predicted molar refractivity (Wildman–Crippen MR) is 168 cm³/mol. The van der Waals surface area contributed by atoms with Gasteiger partial charge >= 0.3 is 0 Å². The SMILES string of the molecule is Clc1ccccc1.NC(=O)CC1OCC(c2ccc(Cl)cc2)N(C(CN(c2ccccc2)S(=O)(=O)C2CC2)C2CC2)C1=O. The number of rotatable bonds is 10. The molecule has 0 radical (unpaired) electrons. The van der Waals surface area contributed by atoms with Gasteiger partial charge in [-0.15, -0.1) is 0 Å². The Hall–Kier alpha value is -3.11. The zero-order chi connectivity index (χ0) is 30.6. The number of hydrogen-bond acceptors (Lipinski definition) is 5. The Morgan fingerprint density at radius 3 is 2.00 bits per heavy atom. The fraction of sp³-hybridized carbons (Fsp3) is 0.375. The smallest absolute Gasteiger partial charge is 0.253 e. The molecule has 3 aromatic carbocycles. The molecule has 1 saturated heterocycles. The highest BCUT2D eigenvalue weighted by Crippen LogP contribution is 2.43. The monoisotopic (exact) mass is 643 g/mol. The predicted octanol–water partition coefficient (Wildman–Crippen LogP) is 5.60. The summed E-state index contributed by atoms with van der Waals surface area (Å²) in [5.41, 5.74) is 6.83. The van der Waals surface area contributed by atoms with Crippen molar-refractivity contribution in [3.05, 3.63) is 101 Å². The first-order chi connectivity index (χ1) is 20.6. The number of nitrogens with zero attached hydrogens (tertiary/aromatic N) is 2. The molecule has 3 atom stereocenters. The van der Waals surface area contributed by atoms with E-state index in [4.69, 9.17) is 33.7 Å². The summed E-state index contributed by atoms with van der Waals surface area (Å²) >= 11 is 11.6. The van der Waals surface area contributed by atoms with Gasteiger partial charge in [-0.2, -0.15) is 0 Å². The van der Waals surface area contributed by atoms with Crippen LogP contribution in [0.2, 0.25) is 10.0 Å². The number of carbonyl (C=O) groups excluding carboxylic acids is 2.